The molecule has 0 radical (unpaired) electrons. The predicted octanol–water partition coefficient (Wildman–Crippen LogP) is 1.76. The van der Waals surface area contributed by atoms with Crippen molar-refractivity contribution < 1.29 is 4.79 Å². The molecule has 0 N–H and O–H groups in total. The lowest BCUT2D eigenvalue weighted by atomic mass is 10.1. The predicted molar refractivity (Wildman–Crippen MR) is 55.7 cm³/mol. The minimum atomic E-state index is 0.107. The number of rotatable bonds is 3. The van der Waals surface area contributed by atoms with Crippen LogP contribution in [0.25, 0.3) is 0 Å². The third-order valence-electron chi connectivity index (χ3n) is 2.34. The first-order valence-electron chi connectivity index (χ1n) is 4.80. The molecule has 0 atom stereocenters. The molecule has 3 nitrogen and oxygen atoms in total. The van der Waals surface area contributed by atoms with Crippen molar-refractivity contribution in [2.45, 2.75) is 27.3 Å². The van der Waals surface area contributed by atoms with Crippen LogP contribution in [0, 0.1) is 6.92 Å². The molecule has 1 aromatic heterocycles. The lowest BCUT2D eigenvalue weighted by Gasteiger charge is -2.19. The Morgan fingerprint density at radius 2 is 2.29 bits per heavy atom. The number of carbonyl (C=O) groups excluding carboxylic acids is 1. The quantitative estimate of drug-likeness (QED) is 0.731. The molecule has 76 valence electrons. The fourth-order valence-electron chi connectivity index (χ4n) is 1.31. The summed E-state index contributed by atoms with van der Waals surface area (Å²) in [7, 11) is 0. The van der Waals surface area contributed by atoms with E-state index in [1.54, 1.807) is 18.0 Å². The van der Waals surface area contributed by atoms with Crippen LogP contribution >= 0.6 is 0 Å². The zero-order valence-corrected chi connectivity index (χ0v) is 8.95. The van der Waals surface area contributed by atoms with Gasteiger partial charge in [-0.05, 0) is 31.0 Å². The smallest absolute Gasteiger partial charge is 0.219 e. The molecule has 0 fully saturated rings. The highest BCUT2D eigenvalue weighted by molar-refractivity contribution is 5.73. The van der Waals surface area contributed by atoms with Crippen molar-refractivity contribution in [2.24, 2.45) is 0 Å². The van der Waals surface area contributed by atoms with Gasteiger partial charge in [-0.15, -0.1) is 0 Å². The van der Waals surface area contributed by atoms with Crippen molar-refractivity contribution >= 4 is 5.91 Å². The van der Waals surface area contributed by atoms with Crippen molar-refractivity contribution in [2.75, 3.05) is 6.54 Å². The van der Waals surface area contributed by atoms with E-state index in [0.29, 0.717) is 6.54 Å². The van der Waals surface area contributed by atoms with Crippen LogP contribution in [-0.4, -0.2) is 22.3 Å². The van der Waals surface area contributed by atoms with Gasteiger partial charge in [-0.25, -0.2) is 0 Å². The van der Waals surface area contributed by atoms with Gasteiger partial charge in [0.05, 0.1) is 0 Å². The molecular formula is C11H16N2O. The third-order valence-corrected chi connectivity index (χ3v) is 2.34. The van der Waals surface area contributed by atoms with E-state index in [1.807, 2.05) is 26.1 Å². The van der Waals surface area contributed by atoms with E-state index in [-0.39, 0.29) is 5.91 Å². The minimum Gasteiger partial charge on any atom is -0.339 e. The van der Waals surface area contributed by atoms with Gasteiger partial charge >= 0.3 is 0 Å². The lowest BCUT2D eigenvalue weighted by Crippen LogP contribution is -2.28. The molecule has 0 saturated heterocycles. The number of aryl methyl sites for hydroxylation is 1. The Morgan fingerprint density at radius 3 is 2.79 bits per heavy atom. The Balaban J connectivity index is 2.77. The Bertz CT molecular complexity index is 323. The van der Waals surface area contributed by atoms with Crippen LogP contribution in [0.15, 0.2) is 18.5 Å². The van der Waals surface area contributed by atoms with Gasteiger partial charge in [-0.3, -0.25) is 9.78 Å². The van der Waals surface area contributed by atoms with Gasteiger partial charge in [-0.2, -0.15) is 0 Å². The van der Waals surface area contributed by atoms with Gasteiger partial charge in [0.1, 0.15) is 0 Å². The van der Waals surface area contributed by atoms with E-state index in [9.17, 15) is 4.79 Å². The molecule has 0 unspecified atom stereocenters. The van der Waals surface area contributed by atoms with Gasteiger partial charge < -0.3 is 4.90 Å². The van der Waals surface area contributed by atoms with E-state index < -0.39 is 0 Å². The van der Waals surface area contributed by atoms with Gasteiger partial charge in [0, 0.05) is 32.4 Å². The molecule has 1 rings (SSSR count). The highest BCUT2D eigenvalue weighted by Gasteiger charge is 2.07. The monoisotopic (exact) mass is 192 g/mol. The van der Waals surface area contributed by atoms with Crippen LogP contribution in [0.4, 0.5) is 0 Å². The Kier molecular flexibility index (Phi) is 3.63. The highest BCUT2D eigenvalue weighted by atomic mass is 16.2. The average molecular weight is 192 g/mol. The molecule has 0 aliphatic heterocycles. The van der Waals surface area contributed by atoms with Crippen molar-refractivity contribution in [1.29, 1.82) is 0 Å². The van der Waals surface area contributed by atoms with Gasteiger partial charge in [-0.1, -0.05) is 0 Å². The standard InChI is InChI=1S/C11H16N2O/c1-4-13(10(3)14)8-11-7-12-6-5-9(11)2/h5-7H,4,8H2,1-3H3. The molecule has 3 heteroatoms. The normalized spacial score (nSPS) is 9.93. The molecule has 1 heterocycles. The van der Waals surface area contributed by atoms with Crippen LogP contribution in [0.2, 0.25) is 0 Å². The Hall–Kier alpha value is -1.38. The van der Waals surface area contributed by atoms with Crippen LogP contribution in [0.1, 0.15) is 25.0 Å². The van der Waals surface area contributed by atoms with Crippen LogP contribution in [0.5, 0.6) is 0 Å². The summed E-state index contributed by atoms with van der Waals surface area (Å²) in [6.45, 7) is 7.00. The summed E-state index contributed by atoms with van der Waals surface area (Å²) < 4.78 is 0. The van der Waals surface area contributed by atoms with E-state index in [2.05, 4.69) is 4.98 Å². The number of hydrogen-bond donors (Lipinski definition) is 0. The number of nitrogens with zero attached hydrogens (tertiary/aromatic N) is 2. The van der Waals surface area contributed by atoms with Crippen LogP contribution in [0.3, 0.4) is 0 Å². The van der Waals surface area contributed by atoms with Crippen molar-refractivity contribution in [1.82, 2.24) is 9.88 Å². The second kappa shape index (κ2) is 4.74. The summed E-state index contributed by atoms with van der Waals surface area (Å²) in [5.41, 5.74) is 2.30. The summed E-state index contributed by atoms with van der Waals surface area (Å²) >= 11 is 0. The molecule has 14 heavy (non-hydrogen) atoms. The van der Waals surface area contributed by atoms with Crippen molar-refractivity contribution in [3.05, 3.63) is 29.6 Å². The Morgan fingerprint density at radius 1 is 1.57 bits per heavy atom. The SMILES string of the molecule is CCN(Cc1cnccc1C)C(C)=O. The summed E-state index contributed by atoms with van der Waals surface area (Å²) in [6, 6.07) is 1.96. The van der Waals surface area contributed by atoms with Crippen molar-refractivity contribution in [3.8, 4) is 0 Å². The molecule has 0 aliphatic carbocycles. The Labute approximate surface area is 84.8 Å². The van der Waals surface area contributed by atoms with Gasteiger partial charge in [0.2, 0.25) is 5.91 Å². The second-order valence-corrected chi connectivity index (χ2v) is 3.34. The minimum absolute atomic E-state index is 0.107. The molecule has 1 amide bonds. The molecule has 0 aromatic carbocycles. The van der Waals surface area contributed by atoms with Crippen molar-refractivity contribution in [3.63, 3.8) is 0 Å². The average Bonchev–Trinajstić information content (AvgIpc) is 2.16. The summed E-state index contributed by atoms with van der Waals surface area (Å²) in [4.78, 5) is 17.0. The fraction of sp³-hybridized carbons (Fsp3) is 0.455. The van der Waals surface area contributed by atoms with Gasteiger partial charge in [0.25, 0.3) is 0 Å². The fourth-order valence-corrected chi connectivity index (χ4v) is 1.31. The maximum absolute atomic E-state index is 11.2. The van der Waals surface area contributed by atoms with Gasteiger partial charge in [0.15, 0.2) is 0 Å². The summed E-state index contributed by atoms with van der Waals surface area (Å²) in [5, 5.41) is 0. The number of hydrogen-bond acceptors (Lipinski definition) is 2. The van der Waals surface area contributed by atoms with E-state index in [4.69, 9.17) is 0 Å². The first-order valence-corrected chi connectivity index (χ1v) is 4.80. The van der Waals surface area contributed by atoms with E-state index >= 15 is 0 Å². The maximum atomic E-state index is 11.2. The molecule has 0 spiro atoms. The largest absolute Gasteiger partial charge is 0.339 e. The first kappa shape index (κ1) is 10.7. The first-order chi connectivity index (χ1) is 6.65. The molecular weight excluding hydrogens is 176 g/mol. The molecule has 0 saturated carbocycles. The number of pyridine rings is 1. The molecule has 0 aliphatic rings. The number of carbonyl (C=O) groups is 1. The zero-order chi connectivity index (χ0) is 10.6. The highest BCUT2D eigenvalue weighted by Crippen LogP contribution is 2.08. The lowest BCUT2D eigenvalue weighted by molar-refractivity contribution is -0.129. The summed E-state index contributed by atoms with van der Waals surface area (Å²) in [5.74, 6) is 0.107. The number of aromatic nitrogens is 1. The summed E-state index contributed by atoms with van der Waals surface area (Å²) in [6.07, 6.45) is 3.59. The second-order valence-electron chi connectivity index (χ2n) is 3.34. The third kappa shape index (κ3) is 2.55. The van der Waals surface area contributed by atoms with E-state index in [0.717, 1.165) is 12.1 Å². The van der Waals surface area contributed by atoms with Crippen LogP contribution in [-0.2, 0) is 11.3 Å². The maximum Gasteiger partial charge on any atom is 0.219 e. The molecule has 1 aromatic rings. The number of amides is 1. The molecule has 0 bridgehead atoms. The van der Waals surface area contributed by atoms with Crippen LogP contribution < -0.4 is 0 Å². The van der Waals surface area contributed by atoms with E-state index in [1.165, 1.54) is 5.56 Å². The topological polar surface area (TPSA) is 33.2 Å². The zero-order valence-electron chi connectivity index (χ0n) is 8.95.